The quantitative estimate of drug-likeness (QED) is 0.803. The molecule has 0 aliphatic rings. The molecule has 0 saturated heterocycles. The first-order valence-electron chi connectivity index (χ1n) is 7.26. The molecule has 1 atom stereocenters. The monoisotopic (exact) mass is 328 g/mol. The molecule has 0 radical (unpaired) electrons. The van der Waals surface area contributed by atoms with Gasteiger partial charge in [-0.25, -0.2) is 4.79 Å². The van der Waals surface area contributed by atoms with E-state index in [1.807, 2.05) is 6.92 Å². The van der Waals surface area contributed by atoms with Crippen LogP contribution in [0.1, 0.15) is 45.4 Å². The van der Waals surface area contributed by atoms with Gasteiger partial charge in [0.25, 0.3) is 0 Å². The summed E-state index contributed by atoms with van der Waals surface area (Å²) in [5.41, 5.74) is 0.0196. The molecule has 1 aromatic rings. The first-order valence-corrected chi connectivity index (χ1v) is 8.14. The molecule has 0 spiro atoms. The fourth-order valence-corrected chi connectivity index (χ4v) is 2.93. The van der Waals surface area contributed by atoms with E-state index in [-0.39, 0.29) is 6.54 Å². The van der Waals surface area contributed by atoms with Gasteiger partial charge < -0.3 is 15.2 Å². The highest BCUT2D eigenvalue weighted by Crippen LogP contribution is 2.30. The highest BCUT2D eigenvalue weighted by molar-refractivity contribution is 7.09. The van der Waals surface area contributed by atoms with Crippen LogP contribution in [0.5, 0.6) is 0 Å². The minimum Gasteiger partial charge on any atom is -0.481 e. The standard InChI is InChI=1S/C15H24N2O4S/c1-5-6-15(12(18)19,7-11-8-16-10-22-11)9-17-13(20)21-14(2,3)4/h8,10H,5-7,9H2,1-4H3,(H,17,20)(H,18,19). The van der Waals surface area contributed by atoms with Gasteiger partial charge >= 0.3 is 12.1 Å². The number of hydrogen-bond acceptors (Lipinski definition) is 5. The Kier molecular flexibility index (Phi) is 6.34. The number of aliphatic carboxylic acids is 1. The van der Waals surface area contributed by atoms with Crippen molar-refractivity contribution in [3.63, 3.8) is 0 Å². The third-order valence-electron chi connectivity index (χ3n) is 3.15. The Hall–Kier alpha value is -1.63. The van der Waals surface area contributed by atoms with Gasteiger partial charge in [-0.05, 0) is 27.2 Å². The normalized spacial score (nSPS) is 14.2. The number of carbonyl (C=O) groups excluding carboxylic acids is 1. The lowest BCUT2D eigenvalue weighted by Gasteiger charge is -2.29. The lowest BCUT2D eigenvalue weighted by atomic mass is 9.79. The second-order valence-corrected chi connectivity index (χ2v) is 7.31. The number of carboxylic acid groups (broad SMARTS) is 1. The van der Waals surface area contributed by atoms with Crippen LogP contribution in [0.2, 0.25) is 0 Å². The number of carboxylic acids is 1. The molecule has 0 aliphatic heterocycles. The summed E-state index contributed by atoms with van der Waals surface area (Å²) in [5.74, 6) is -0.918. The number of amides is 1. The second-order valence-electron chi connectivity index (χ2n) is 6.34. The summed E-state index contributed by atoms with van der Waals surface area (Å²) >= 11 is 1.42. The van der Waals surface area contributed by atoms with Gasteiger partial charge in [0.1, 0.15) is 5.60 Å². The zero-order valence-corrected chi connectivity index (χ0v) is 14.3. The van der Waals surface area contributed by atoms with Gasteiger partial charge in [-0.1, -0.05) is 13.3 Å². The van der Waals surface area contributed by atoms with Gasteiger partial charge in [0.15, 0.2) is 0 Å². The Labute approximate surface area is 134 Å². The molecule has 1 aromatic heterocycles. The topological polar surface area (TPSA) is 88.5 Å². The molecular weight excluding hydrogens is 304 g/mol. The third kappa shape index (κ3) is 5.63. The van der Waals surface area contributed by atoms with E-state index in [0.29, 0.717) is 19.3 Å². The van der Waals surface area contributed by atoms with Crippen LogP contribution in [-0.4, -0.2) is 34.3 Å². The van der Waals surface area contributed by atoms with Crippen molar-refractivity contribution in [1.82, 2.24) is 10.3 Å². The molecule has 124 valence electrons. The molecule has 1 amide bonds. The molecule has 0 fully saturated rings. The lowest BCUT2D eigenvalue weighted by Crippen LogP contribution is -2.45. The number of thiazole rings is 1. The zero-order chi connectivity index (χ0) is 16.8. The van der Waals surface area contributed by atoms with Gasteiger partial charge in [-0.3, -0.25) is 9.78 Å². The van der Waals surface area contributed by atoms with Crippen molar-refractivity contribution in [3.05, 3.63) is 16.6 Å². The minimum atomic E-state index is -1.04. The summed E-state index contributed by atoms with van der Waals surface area (Å²) in [7, 11) is 0. The zero-order valence-electron chi connectivity index (χ0n) is 13.5. The molecule has 0 saturated carbocycles. The predicted octanol–water partition coefficient (Wildman–Crippen LogP) is 3.08. The van der Waals surface area contributed by atoms with Crippen LogP contribution >= 0.6 is 11.3 Å². The SMILES string of the molecule is CCCC(CNC(=O)OC(C)(C)C)(Cc1cncs1)C(=O)O. The Bertz CT molecular complexity index is 496. The molecule has 6 nitrogen and oxygen atoms in total. The van der Waals surface area contributed by atoms with Crippen molar-refractivity contribution in [1.29, 1.82) is 0 Å². The molecule has 0 aromatic carbocycles. The van der Waals surface area contributed by atoms with Crippen molar-refractivity contribution >= 4 is 23.4 Å². The minimum absolute atomic E-state index is 0.0307. The van der Waals surface area contributed by atoms with E-state index in [1.54, 1.807) is 32.5 Å². The summed E-state index contributed by atoms with van der Waals surface area (Å²) in [5, 5.41) is 12.3. The molecular formula is C15H24N2O4S. The van der Waals surface area contributed by atoms with Crippen molar-refractivity contribution in [2.45, 2.75) is 52.6 Å². The van der Waals surface area contributed by atoms with Crippen molar-refractivity contribution < 1.29 is 19.4 Å². The average molecular weight is 328 g/mol. The van der Waals surface area contributed by atoms with E-state index in [2.05, 4.69) is 10.3 Å². The largest absolute Gasteiger partial charge is 0.481 e. The number of ether oxygens (including phenoxy) is 1. The van der Waals surface area contributed by atoms with E-state index >= 15 is 0 Å². The van der Waals surface area contributed by atoms with Gasteiger partial charge in [-0.2, -0.15) is 0 Å². The molecule has 7 heteroatoms. The summed E-state index contributed by atoms with van der Waals surface area (Å²) in [4.78, 5) is 28.5. The number of alkyl carbamates (subject to hydrolysis) is 1. The van der Waals surface area contributed by atoms with Gasteiger partial charge in [0, 0.05) is 24.0 Å². The van der Waals surface area contributed by atoms with E-state index in [1.165, 1.54) is 11.3 Å². The smallest absolute Gasteiger partial charge is 0.407 e. The third-order valence-corrected chi connectivity index (χ3v) is 3.93. The number of aromatic nitrogens is 1. The van der Waals surface area contributed by atoms with E-state index in [9.17, 15) is 14.7 Å². The Balaban J connectivity index is 2.81. The van der Waals surface area contributed by atoms with Crippen LogP contribution in [0.4, 0.5) is 4.79 Å². The van der Waals surface area contributed by atoms with Gasteiger partial charge in [-0.15, -0.1) is 11.3 Å². The van der Waals surface area contributed by atoms with Crippen LogP contribution < -0.4 is 5.32 Å². The lowest BCUT2D eigenvalue weighted by molar-refractivity contribution is -0.149. The van der Waals surface area contributed by atoms with Crippen LogP contribution in [0.25, 0.3) is 0 Å². The maximum atomic E-state index is 11.8. The van der Waals surface area contributed by atoms with E-state index in [4.69, 9.17) is 4.74 Å². The highest BCUT2D eigenvalue weighted by atomic mass is 32.1. The molecule has 0 bridgehead atoms. The fraction of sp³-hybridized carbons (Fsp3) is 0.667. The molecule has 22 heavy (non-hydrogen) atoms. The highest BCUT2D eigenvalue weighted by Gasteiger charge is 2.39. The van der Waals surface area contributed by atoms with Crippen molar-refractivity contribution in [2.75, 3.05) is 6.54 Å². The Morgan fingerprint density at radius 1 is 1.41 bits per heavy atom. The van der Waals surface area contributed by atoms with E-state index < -0.39 is 23.1 Å². The van der Waals surface area contributed by atoms with E-state index in [0.717, 1.165) is 4.88 Å². The number of hydrogen-bond donors (Lipinski definition) is 2. The number of nitrogens with zero attached hydrogens (tertiary/aromatic N) is 1. The van der Waals surface area contributed by atoms with Crippen LogP contribution in [0.15, 0.2) is 11.7 Å². The summed E-state index contributed by atoms with van der Waals surface area (Å²) in [6.07, 6.45) is 2.60. The first-order chi connectivity index (χ1) is 10.2. The average Bonchev–Trinajstić information content (AvgIpc) is 2.86. The second kappa shape index (κ2) is 7.58. The van der Waals surface area contributed by atoms with Crippen molar-refractivity contribution in [3.8, 4) is 0 Å². The summed E-state index contributed by atoms with van der Waals surface area (Å²) in [6.45, 7) is 7.25. The summed E-state index contributed by atoms with van der Waals surface area (Å²) in [6, 6.07) is 0. The maximum Gasteiger partial charge on any atom is 0.407 e. The Morgan fingerprint density at radius 2 is 2.09 bits per heavy atom. The number of rotatable bonds is 7. The number of nitrogens with one attached hydrogen (secondary N) is 1. The predicted molar refractivity (Wildman–Crippen MR) is 85.0 cm³/mol. The first kappa shape index (κ1) is 18.4. The molecule has 1 heterocycles. The molecule has 1 unspecified atom stereocenters. The summed E-state index contributed by atoms with van der Waals surface area (Å²) < 4.78 is 5.17. The fourth-order valence-electron chi connectivity index (χ4n) is 2.19. The molecule has 2 N–H and O–H groups in total. The maximum absolute atomic E-state index is 11.8. The van der Waals surface area contributed by atoms with Crippen LogP contribution in [-0.2, 0) is 16.0 Å². The Morgan fingerprint density at radius 3 is 2.55 bits per heavy atom. The molecule has 1 rings (SSSR count). The van der Waals surface area contributed by atoms with Crippen LogP contribution in [0.3, 0.4) is 0 Å². The number of carbonyl (C=O) groups is 2. The molecule has 0 aliphatic carbocycles. The van der Waals surface area contributed by atoms with Crippen LogP contribution in [0, 0.1) is 5.41 Å². The van der Waals surface area contributed by atoms with Gasteiger partial charge in [0.2, 0.25) is 0 Å². The van der Waals surface area contributed by atoms with Crippen molar-refractivity contribution in [2.24, 2.45) is 5.41 Å². The van der Waals surface area contributed by atoms with Gasteiger partial charge in [0.05, 0.1) is 10.9 Å².